The smallest absolute Gasteiger partial charge is 0.315 e. The maximum atomic E-state index is 11.2. The Hall–Kier alpha value is -0.820. The molecule has 0 radical (unpaired) electrons. The molecule has 0 aliphatic carbocycles. The second-order valence-electron chi connectivity index (χ2n) is 3.50. The number of hydrogen-bond donors (Lipinski definition) is 2. The van der Waals surface area contributed by atoms with Crippen molar-refractivity contribution in [3.05, 3.63) is 0 Å². The van der Waals surface area contributed by atoms with Crippen molar-refractivity contribution in [1.82, 2.24) is 10.6 Å². The molecule has 1 unspecified atom stereocenters. The minimum Gasteiger partial charge on any atom is -0.333 e. The Morgan fingerprint density at radius 2 is 2.46 bits per heavy atom. The Morgan fingerprint density at radius 1 is 1.77 bits per heavy atom. The van der Waals surface area contributed by atoms with Crippen LogP contribution in [-0.4, -0.2) is 29.1 Å². The Balaban J connectivity index is 2.26. The zero-order chi connectivity index (χ0) is 9.90. The van der Waals surface area contributed by atoms with E-state index in [4.69, 9.17) is 6.42 Å². The topological polar surface area (TPSA) is 41.1 Å². The number of carbonyl (C=O) groups excluding carboxylic acids is 1. The van der Waals surface area contributed by atoms with Crippen LogP contribution in [0, 0.1) is 12.3 Å². The Morgan fingerprint density at radius 3 is 2.85 bits per heavy atom. The number of terminal acetylenes is 1. The van der Waals surface area contributed by atoms with Gasteiger partial charge in [0.05, 0.1) is 12.6 Å². The lowest BCUT2D eigenvalue weighted by atomic mass is 10.0. The van der Waals surface area contributed by atoms with E-state index in [9.17, 15) is 4.79 Å². The Bertz CT molecular complexity index is 244. The zero-order valence-corrected chi connectivity index (χ0v) is 8.70. The molecule has 1 heterocycles. The van der Waals surface area contributed by atoms with E-state index < -0.39 is 0 Å². The standard InChI is InChI=1S/C9H14N2OS/c1-4-5-10-8(12)11-7-6-13-9(7,2)3/h1,7H,5-6H2,2-3H3,(H2,10,11,12). The van der Waals surface area contributed by atoms with Gasteiger partial charge >= 0.3 is 6.03 Å². The lowest BCUT2D eigenvalue weighted by molar-refractivity contribution is 0.236. The highest BCUT2D eigenvalue weighted by Crippen LogP contribution is 2.39. The highest BCUT2D eigenvalue weighted by atomic mass is 32.2. The van der Waals surface area contributed by atoms with Gasteiger partial charge in [0.25, 0.3) is 0 Å². The van der Waals surface area contributed by atoms with Crippen molar-refractivity contribution in [2.45, 2.75) is 24.6 Å². The van der Waals surface area contributed by atoms with Crippen molar-refractivity contribution >= 4 is 17.8 Å². The third-order valence-corrected chi connectivity index (χ3v) is 3.65. The third kappa shape index (κ3) is 2.56. The molecule has 1 atom stereocenters. The van der Waals surface area contributed by atoms with Crippen LogP contribution in [0.4, 0.5) is 4.79 Å². The van der Waals surface area contributed by atoms with Gasteiger partial charge in [-0.15, -0.1) is 6.42 Å². The molecule has 72 valence electrons. The molecular weight excluding hydrogens is 184 g/mol. The second-order valence-corrected chi connectivity index (χ2v) is 5.17. The summed E-state index contributed by atoms with van der Waals surface area (Å²) in [6, 6.07) is 0.0894. The number of amides is 2. The molecule has 2 N–H and O–H groups in total. The van der Waals surface area contributed by atoms with E-state index in [1.807, 2.05) is 11.8 Å². The van der Waals surface area contributed by atoms with E-state index in [0.29, 0.717) is 0 Å². The van der Waals surface area contributed by atoms with Gasteiger partial charge in [-0.2, -0.15) is 11.8 Å². The molecule has 0 aromatic carbocycles. The molecular formula is C9H14N2OS. The average Bonchev–Trinajstić information content (AvgIpc) is 2.09. The van der Waals surface area contributed by atoms with Crippen LogP contribution in [0.3, 0.4) is 0 Å². The van der Waals surface area contributed by atoms with Crippen LogP contribution < -0.4 is 10.6 Å². The van der Waals surface area contributed by atoms with Crippen LogP contribution >= 0.6 is 11.8 Å². The summed E-state index contributed by atoms with van der Waals surface area (Å²) < 4.78 is 0.160. The van der Waals surface area contributed by atoms with E-state index >= 15 is 0 Å². The summed E-state index contributed by atoms with van der Waals surface area (Å²) in [5, 5.41) is 5.45. The SMILES string of the molecule is C#CCNC(=O)NC1CSC1(C)C. The molecule has 4 heteroatoms. The van der Waals surface area contributed by atoms with Crippen molar-refractivity contribution < 1.29 is 4.79 Å². The van der Waals surface area contributed by atoms with Gasteiger partial charge in [-0.3, -0.25) is 0 Å². The molecule has 0 aromatic heterocycles. The minimum atomic E-state index is -0.170. The van der Waals surface area contributed by atoms with Gasteiger partial charge in [0.15, 0.2) is 0 Å². The number of carbonyl (C=O) groups is 1. The van der Waals surface area contributed by atoms with Crippen LogP contribution in [-0.2, 0) is 0 Å². The second kappa shape index (κ2) is 3.93. The monoisotopic (exact) mass is 198 g/mol. The Kier molecular flexibility index (Phi) is 3.10. The van der Waals surface area contributed by atoms with Crippen molar-refractivity contribution in [3.8, 4) is 12.3 Å². The third-order valence-electron chi connectivity index (χ3n) is 2.12. The van der Waals surface area contributed by atoms with Crippen LogP contribution in [0.1, 0.15) is 13.8 Å². The molecule has 0 spiro atoms. The quantitative estimate of drug-likeness (QED) is 0.645. The average molecular weight is 198 g/mol. The van der Waals surface area contributed by atoms with Gasteiger partial charge < -0.3 is 10.6 Å². The van der Waals surface area contributed by atoms with Crippen molar-refractivity contribution in [3.63, 3.8) is 0 Å². The molecule has 2 amide bonds. The first kappa shape index (κ1) is 10.3. The first-order chi connectivity index (χ1) is 6.06. The molecule has 3 nitrogen and oxygen atoms in total. The normalized spacial score (nSPS) is 23.9. The number of hydrogen-bond acceptors (Lipinski definition) is 2. The summed E-state index contributed by atoms with van der Waals surface area (Å²) in [5.41, 5.74) is 0. The summed E-state index contributed by atoms with van der Waals surface area (Å²) in [5.74, 6) is 3.33. The molecule has 0 aromatic rings. The lowest BCUT2D eigenvalue weighted by Gasteiger charge is -2.43. The zero-order valence-electron chi connectivity index (χ0n) is 7.89. The molecule has 13 heavy (non-hydrogen) atoms. The summed E-state index contributed by atoms with van der Waals surface area (Å²) in [7, 11) is 0. The predicted octanol–water partition coefficient (Wildman–Crippen LogP) is 0.813. The first-order valence-corrected chi connectivity index (χ1v) is 5.16. The van der Waals surface area contributed by atoms with E-state index in [1.165, 1.54) is 0 Å². The van der Waals surface area contributed by atoms with Gasteiger partial charge in [0.1, 0.15) is 0 Å². The van der Waals surface area contributed by atoms with E-state index in [0.717, 1.165) is 5.75 Å². The molecule has 1 rings (SSSR count). The fourth-order valence-corrected chi connectivity index (χ4v) is 2.20. The van der Waals surface area contributed by atoms with Crippen molar-refractivity contribution in [2.24, 2.45) is 0 Å². The molecule has 1 aliphatic heterocycles. The maximum absolute atomic E-state index is 11.2. The van der Waals surface area contributed by atoms with Crippen LogP contribution in [0.5, 0.6) is 0 Å². The summed E-state index contributed by atoms with van der Waals surface area (Å²) >= 11 is 1.85. The van der Waals surface area contributed by atoms with Crippen molar-refractivity contribution in [1.29, 1.82) is 0 Å². The number of nitrogens with one attached hydrogen (secondary N) is 2. The van der Waals surface area contributed by atoms with Gasteiger partial charge in [0.2, 0.25) is 0 Å². The highest BCUT2D eigenvalue weighted by molar-refractivity contribution is 8.02. The molecule has 1 aliphatic rings. The number of thioether (sulfide) groups is 1. The van der Waals surface area contributed by atoms with E-state index in [-0.39, 0.29) is 23.4 Å². The first-order valence-electron chi connectivity index (χ1n) is 4.18. The van der Waals surface area contributed by atoms with Crippen molar-refractivity contribution in [2.75, 3.05) is 12.3 Å². The van der Waals surface area contributed by atoms with Gasteiger partial charge in [-0.25, -0.2) is 4.79 Å². The molecule has 1 fully saturated rings. The Labute approximate surface area is 83.0 Å². The van der Waals surface area contributed by atoms with Gasteiger partial charge in [0, 0.05) is 10.5 Å². The maximum Gasteiger partial charge on any atom is 0.315 e. The van der Waals surface area contributed by atoms with Gasteiger partial charge in [-0.05, 0) is 13.8 Å². The number of rotatable bonds is 2. The minimum absolute atomic E-state index is 0.160. The van der Waals surface area contributed by atoms with E-state index in [1.54, 1.807) is 0 Å². The lowest BCUT2D eigenvalue weighted by Crippen LogP contribution is -2.58. The molecule has 0 saturated carbocycles. The summed E-state index contributed by atoms with van der Waals surface area (Å²) in [6.07, 6.45) is 5.01. The van der Waals surface area contributed by atoms with Crippen LogP contribution in [0.15, 0.2) is 0 Å². The van der Waals surface area contributed by atoms with Gasteiger partial charge in [-0.1, -0.05) is 5.92 Å². The molecule has 0 bridgehead atoms. The highest BCUT2D eigenvalue weighted by Gasteiger charge is 2.40. The molecule has 1 saturated heterocycles. The number of urea groups is 1. The van der Waals surface area contributed by atoms with Crippen LogP contribution in [0.25, 0.3) is 0 Å². The fourth-order valence-electron chi connectivity index (χ4n) is 1.06. The summed E-state index contributed by atoms with van der Waals surface area (Å²) in [6.45, 7) is 4.52. The largest absolute Gasteiger partial charge is 0.333 e. The fraction of sp³-hybridized carbons (Fsp3) is 0.667. The van der Waals surface area contributed by atoms with Crippen LogP contribution in [0.2, 0.25) is 0 Å². The predicted molar refractivity (Wildman–Crippen MR) is 55.7 cm³/mol. The van der Waals surface area contributed by atoms with E-state index in [2.05, 4.69) is 30.4 Å². The summed E-state index contributed by atoms with van der Waals surface area (Å²) in [4.78, 5) is 11.2.